The van der Waals surface area contributed by atoms with Crippen molar-refractivity contribution in [3.8, 4) is 0 Å². The van der Waals surface area contributed by atoms with Crippen LogP contribution in [0.25, 0.3) is 0 Å². The normalized spacial score (nSPS) is 22.5. The van der Waals surface area contributed by atoms with Crippen molar-refractivity contribution >= 4 is 23.4 Å². The molecule has 0 amide bonds. The van der Waals surface area contributed by atoms with Gasteiger partial charge in [-0.1, -0.05) is 58.0 Å². The van der Waals surface area contributed by atoms with Gasteiger partial charge in [0, 0.05) is 50.2 Å². The number of aliphatic imine (C=N–C) groups is 1. The maximum Gasteiger partial charge on any atom is 0.227 e. The van der Waals surface area contributed by atoms with Gasteiger partial charge in [0.1, 0.15) is 17.4 Å². The van der Waals surface area contributed by atoms with E-state index in [9.17, 15) is 0 Å². The molecule has 2 saturated heterocycles. The molecule has 1 aromatic heterocycles. The molecule has 3 aliphatic rings. The van der Waals surface area contributed by atoms with E-state index in [1.807, 2.05) is 6.07 Å². The number of allylic oxidation sites excluding steroid dienone is 1. The van der Waals surface area contributed by atoms with Crippen LogP contribution in [-0.2, 0) is 11.4 Å². The number of fused-ring (bicyclic) bond motifs is 2. The molecule has 42 heavy (non-hydrogen) atoms. The highest BCUT2D eigenvalue weighted by Crippen LogP contribution is 2.36. The molecule has 5 rings (SSSR count). The van der Waals surface area contributed by atoms with Crippen LogP contribution in [0.15, 0.2) is 53.2 Å². The molecule has 228 valence electrons. The van der Waals surface area contributed by atoms with Gasteiger partial charge in [0.15, 0.2) is 5.82 Å². The first-order chi connectivity index (χ1) is 20.3. The molecule has 1 aromatic carbocycles. The summed E-state index contributed by atoms with van der Waals surface area (Å²) in [5, 5.41) is 3.36. The zero-order valence-corrected chi connectivity index (χ0v) is 25.9. The Hall–Kier alpha value is -3.21. The molecule has 1 aliphatic carbocycles. The van der Waals surface area contributed by atoms with E-state index >= 15 is 0 Å². The Morgan fingerprint density at radius 1 is 1.12 bits per heavy atom. The number of piperazine rings is 1. The minimum absolute atomic E-state index is 0.334. The van der Waals surface area contributed by atoms with Gasteiger partial charge in [-0.2, -0.15) is 15.9 Å². The Labute approximate surface area is 251 Å². The van der Waals surface area contributed by atoms with E-state index in [4.69, 9.17) is 25.7 Å². The van der Waals surface area contributed by atoms with Crippen LogP contribution in [0.2, 0.25) is 0 Å². The number of aromatic nitrogens is 2. The van der Waals surface area contributed by atoms with Crippen molar-refractivity contribution < 1.29 is 4.84 Å². The summed E-state index contributed by atoms with van der Waals surface area (Å²) in [4.78, 5) is 24.9. The number of amidine groups is 1. The second kappa shape index (κ2) is 13.8. The van der Waals surface area contributed by atoms with Crippen LogP contribution >= 0.6 is 0 Å². The Morgan fingerprint density at radius 3 is 2.55 bits per heavy atom. The highest BCUT2D eigenvalue weighted by molar-refractivity contribution is 5.84. The number of hydrogen-bond donors (Lipinski definition) is 4. The average molecular weight is 576 g/mol. The number of likely N-dealkylation sites (tertiary alicyclic amines) is 1. The topological polar surface area (TPSA) is 116 Å². The molecule has 4 atom stereocenters. The molecule has 10 nitrogen and oxygen atoms in total. The van der Waals surface area contributed by atoms with Gasteiger partial charge in [0.25, 0.3) is 0 Å². The van der Waals surface area contributed by atoms with Gasteiger partial charge in [-0.05, 0) is 55.6 Å². The fraction of sp³-hybridized carbons (Fsp3) is 0.594. The van der Waals surface area contributed by atoms with Gasteiger partial charge in [-0.25, -0.2) is 10.4 Å². The first-order valence-electron chi connectivity index (χ1n) is 15.7. The lowest BCUT2D eigenvalue weighted by molar-refractivity contribution is 0.215. The number of rotatable bonds is 14. The van der Waals surface area contributed by atoms with Crippen LogP contribution in [0.5, 0.6) is 0 Å². The number of hydrogen-bond acceptors (Lipinski definition) is 9. The summed E-state index contributed by atoms with van der Waals surface area (Å²) in [6.45, 7) is 14.2. The van der Waals surface area contributed by atoms with Crippen molar-refractivity contribution in [1.82, 2.24) is 25.7 Å². The summed E-state index contributed by atoms with van der Waals surface area (Å²) in [5.41, 5.74) is 8.14. The Morgan fingerprint density at radius 2 is 1.90 bits per heavy atom. The van der Waals surface area contributed by atoms with Crippen LogP contribution in [0.3, 0.4) is 0 Å². The van der Waals surface area contributed by atoms with Crippen molar-refractivity contribution in [2.24, 2.45) is 28.6 Å². The zero-order valence-electron chi connectivity index (χ0n) is 25.9. The van der Waals surface area contributed by atoms with Gasteiger partial charge >= 0.3 is 0 Å². The maximum atomic E-state index is 5.62. The van der Waals surface area contributed by atoms with E-state index < -0.39 is 0 Å². The molecule has 10 heteroatoms. The summed E-state index contributed by atoms with van der Waals surface area (Å²) in [6.07, 6.45) is 6.55. The standard InChI is InChI=1S/C32H49N9O/c1-6-29(39-38-23(5)25-12-13-25)35-30-16-31(37-32(36-30)34-17-28(42-33)14-22(4)21(2)3)41-20-26-15-27(41)19-40(26)18-24-10-8-7-9-11-24/h7-11,14,16,21-23,25-27,38H,6,12-13,15,17-20,33H2,1-5H3,(H2,34,35,36,37,39)/b28-14-/t22?,23?,26-,27-/m1/s1. The Bertz CT molecular complexity index is 1230. The van der Waals surface area contributed by atoms with E-state index in [0.717, 1.165) is 50.0 Å². The second-order valence-corrected chi connectivity index (χ2v) is 12.5. The predicted octanol–water partition coefficient (Wildman–Crippen LogP) is 4.75. The maximum absolute atomic E-state index is 5.62. The van der Waals surface area contributed by atoms with Crippen LogP contribution in [0.4, 0.5) is 17.6 Å². The SMILES string of the molecule is CC/C(=N\c1cc(N2C[C@H]3C[C@@H]2CN3Cc2ccccc2)nc(NC/C(=C/C(C)C(C)C)ON)n1)NNC(C)C1CC1. The van der Waals surface area contributed by atoms with Crippen LogP contribution < -0.4 is 27.0 Å². The number of anilines is 2. The third-order valence-corrected chi connectivity index (χ3v) is 9.01. The van der Waals surface area contributed by atoms with Crippen molar-refractivity contribution in [2.75, 3.05) is 29.9 Å². The third-order valence-electron chi connectivity index (χ3n) is 9.01. The first kappa shape index (κ1) is 30.3. The molecule has 3 fully saturated rings. The van der Waals surface area contributed by atoms with Gasteiger partial charge in [0.2, 0.25) is 5.95 Å². The molecule has 1 saturated carbocycles. The predicted molar refractivity (Wildman–Crippen MR) is 170 cm³/mol. The van der Waals surface area contributed by atoms with Crippen molar-refractivity contribution in [1.29, 1.82) is 0 Å². The summed E-state index contributed by atoms with van der Waals surface area (Å²) in [6, 6.07) is 14.1. The molecule has 5 N–H and O–H groups in total. The Balaban J connectivity index is 1.34. The lowest BCUT2D eigenvalue weighted by Crippen LogP contribution is -2.46. The first-order valence-corrected chi connectivity index (χ1v) is 15.7. The summed E-state index contributed by atoms with van der Waals surface area (Å²) in [7, 11) is 0. The zero-order chi connectivity index (χ0) is 29.6. The van der Waals surface area contributed by atoms with Gasteiger partial charge in [0.05, 0.1) is 6.54 Å². The Kier molecular flexibility index (Phi) is 9.97. The largest absolute Gasteiger partial charge is 0.414 e. The molecule has 0 radical (unpaired) electrons. The number of nitrogens with two attached hydrogens (primary N) is 1. The average Bonchev–Trinajstić information content (AvgIpc) is 3.67. The fourth-order valence-electron chi connectivity index (χ4n) is 5.78. The smallest absolute Gasteiger partial charge is 0.227 e. The number of benzene rings is 1. The van der Waals surface area contributed by atoms with Crippen molar-refractivity contribution in [3.05, 3.63) is 53.8 Å². The van der Waals surface area contributed by atoms with Gasteiger partial charge in [-0.15, -0.1) is 0 Å². The number of nitrogens with one attached hydrogen (secondary N) is 3. The molecule has 2 aromatic rings. The molecular weight excluding hydrogens is 526 g/mol. The lowest BCUT2D eigenvalue weighted by atomic mass is 9.97. The molecule has 2 aliphatic heterocycles. The van der Waals surface area contributed by atoms with Crippen LogP contribution in [0.1, 0.15) is 65.9 Å². The molecule has 0 spiro atoms. The summed E-state index contributed by atoms with van der Waals surface area (Å²) >= 11 is 0. The van der Waals surface area contributed by atoms with Gasteiger partial charge < -0.3 is 20.5 Å². The van der Waals surface area contributed by atoms with Crippen LogP contribution in [0, 0.1) is 17.8 Å². The molecule has 2 unspecified atom stereocenters. The van der Waals surface area contributed by atoms with E-state index in [1.165, 1.54) is 18.4 Å². The van der Waals surface area contributed by atoms with Crippen molar-refractivity contribution in [3.63, 3.8) is 0 Å². The minimum atomic E-state index is 0.334. The number of hydrazine groups is 1. The van der Waals surface area contributed by atoms with Crippen LogP contribution in [-0.4, -0.2) is 58.5 Å². The summed E-state index contributed by atoms with van der Waals surface area (Å²) < 4.78 is 0. The van der Waals surface area contributed by atoms with Gasteiger partial charge in [-0.3, -0.25) is 4.90 Å². The van der Waals surface area contributed by atoms with Crippen molar-refractivity contribution in [2.45, 2.75) is 85.0 Å². The van der Waals surface area contributed by atoms with E-state index in [2.05, 4.69) is 97.0 Å². The third kappa shape index (κ3) is 7.79. The van der Waals surface area contributed by atoms with E-state index in [-0.39, 0.29) is 0 Å². The molecular formula is C32H49N9O. The van der Waals surface area contributed by atoms with E-state index in [1.54, 1.807) is 0 Å². The second-order valence-electron chi connectivity index (χ2n) is 12.5. The monoisotopic (exact) mass is 575 g/mol. The molecule has 3 heterocycles. The molecule has 2 bridgehead atoms. The minimum Gasteiger partial charge on any atom is -0.414 e. The highest BCUT2D eigenvalue weighted by atomic mass is 16.6. The fourth-order valence-corrected chi connectivity index (χ4v) is 5.78. The van der Waals surface area contributed by atoms with E-state index in [0.29, 0.717) is 54.0 Å². The quantitative estimate of drug-likeness (QED) is 0.110. The highest BCUT2D eigenvalue weighted by Gasteiger charge is 2.43. The number of nitrogens with zero attached hydrogens (tertiary/aromatic N) is 5. The summed E-state index contributed by atoms with van der Waals surface area (Å²) in [5.74, 6) is 10.8. The lowest BCUT2D eigenvalue weighted by Gasteiger charge is -2.35.